The first-order valence-electron chi connectivity index (χ1n) is 5.16. The Morgan fingerprint density at radius 2 is 1.89 bits per heavy atom. The molecule has 0 bridgehead atoms. The quantitative estimate of drug-likeness (QED) is 0.909. The summed E-state index contributed by atoms with van der Waals surface area (Å²) in [5.74, 6) is 0.265. The number of anilines is 1. The third kappa shape index (κ3) is 2.67. The van der Waals surface area contributed by atoms with Gasteiger partial charge in [0.15, 0.2) is 5.76 Å². The molecule has 0 spiro atoms. The molecule has 0 fully saturated rings. The van der Waals surface area contributed by atoms with E-state index in [2.05, 4.69) is 5.32 Å². The Kier molecular flexibility index (Phi) is 3.91. The highest BCUT2D eigenvalue weighted by Gasteiger charge is 2.14. The Labute approximate surface area is 114 Å². The van der Waals surface area contributed by atoms with Crippen molar-refractivity contribution < 1.29 is 9.21 Å². The molecule has 18 heavy (non-hydrogen) atoms. The maximum absolute atomic E-state index is 11.9. The number of carbonyl (C=O) groups is 1. The van der Waals surface area contributed by atoms with Crippen molar-refractivity contribution in [3.8, 4) is 0 Å². The van der Waals surface area contributed by atoms with E-state index in [9.17, 15) is 4.79 Å². The number of nitrogens with one attached hydrogen (secondary N) is 1. The Bertz CT molecular complexity index is 561. The highest BCUT2D eigenvalue weighted by Crippen LogP contribution is 2.30. The first-order valence-corrected chi connectivity index (χ1v) is 5.91. The molecule has 1 heterocycles. The molecule has 1 amide bonds. The minimum absolute atomic E-state index is 0.159. The number of nitrogens with two attached hydrogens (primary N) is 1. The zero-order valence-electron chi connectivity index (χ0n) is 9.24. The second kappa shape index (κ2) is 5.44. The molecule has 0 radical (unpaired) electrons. The molecule has 0 unspecified atom stereocenters. The van der Waals surface area contributed by atoms with Crippen LogP contribution >= 0.6 is 23.2 Å². The van der Waals surface area contributed by atoms with Gasteiger partial charge in [0.2, 0.25) is 0 Å². The van der Waals surface area contributed by atoms with Gasteiger partial charge >= 0.3 is 0 Å². The van der Waals surface area contributed by atoms with E-state index in [0.717, 1.165) is 0 Å². The molecule has 1 aromatic carbocycles. The fourth-order valence-corrected chi connectivity index (χ4v) is 1.89. The Balaban J connectivity index is 2.21. The second-order valence-electron chi connectivity index (χ2n) is 3.52. The molecule has 0 aliphatic rings. The van der Waals surface area contributed by atoms with E-state index in [1.807, 2.05) is 0 Å². The molecule has 4 nitrogen and oxygen atoms in total. The Hall–Kier alpha value is -1.49. The molecule has 2 rings (SSSR count). The lowest BCUT2D eigenvalue weighted by Gasteiger charge is -2.07. The lowest BCUT2D eigenvalue weighted by atomic mass is 10.3. The number of para-hydroxylation sites is 1. The van der Waals surface area contributed by atoms with Crippen LogP contribution in [0.15, 0.2) is 34.7 Å². The summed E-state index contributed by atoms with van der Waals surface area (Å²) >= 11 is 11.9. The summed E-state index contributed by atoms with van der Waals surface area (Å²) in [6.45, 7) is 0.236. The second-order valence-corrected chi connectivity index (χ2v) is 4.34. The summed E-state index contributed by atoms with van der Waals surface area (Å²) in [5.41, 5.74) is 5.75. The van der Waals surface area contributed by atoms with Crippen LogP contribution in [0.1, 0.15) is 16.3 Å². The third-order valence-corrected chi connectivity index (χ3v) is 2.92. The van der Waals surface area contributed by atoms with Crippen LogP contribution in [-0.4, -0.2) is 5.91 Å². The first-order chi connectivity index (χ1) is 8.61. The predicted molar refractivity (Wildman–Crippen MR) is 71.0 cm³/mol. The fraction of sp³-hybridized carbons (Fsp3) is 0.0833. The average Bonchev–Trinajstić information content (AvgIpc) is 2.82. The largest absolute Gasteiger partial charge is 0.455 e. The lowest BCUT2D eigenvalue weighted by Crippen LogP contribution is -2.11. The minimum atomic E-state index is -0.426. The van der Waals surface area contributed by atoms with Gasteiger partial charge in [0.05, 0.1) is 22.3 Å². The number of furan rings is 1. The van der Waals surface area contributed by atoms with Gasteiger partial charge in [-0.1, -0.05) is 29.3 Å². The number of halogens is 2. The van der Waals surface area contributed by atoms with Crippen molar-refractivity contribution in [3.63, 3.8) is 0 Å². The number of hydrogen-bond donors (Lipinski definition) is 2. The zero-order chi connectivity index (χ0) is 13.1. The Morgan fingerprint density at radius 3 is 2.44 bits per heavy atom. The van der Waals surface area contributed by atoms with Gasteiger partial charge in [0.25, 0.3) is 5.91 Å². The van der Waals surface area contributed by atoms with Crippen LogP contribution in [0, 0.1) is 0 Å². The number of amides is 1. The number of hydrogen-bond acceptors (Lipinski definition) is 3. The number of rotatable bonds is 3. The normalized spacial score (nSPS) is 10.4. The molecule has 0 saturated heterocycles. The van der Waals surface area contributed by atoms with Gasteiger partial charge in [-0.3, -0.25) is 4.79 Å². The maximum Gasteiger partial charge on any atom is 0.291 e. The standard InChI is InChI=1S/C12H10Cl2N2O2/c13-8-2-1-3-9(14)11(8)16-12(17)10-5-4-7(6-15)18-10/h1-5H,6,15H2,(H,16,17). The van der Waals surface area contributed by atoms with Gasteiger partial charge < -0.3 is 15.5 Å². The van der Waals surface area contributed by atoms with E-state index in [4.69, 9.17) is 33.4 Å². The van der Waals surface area contributed by atoms with Crippen LogP contribution < -0.4 is 11.1 Å². The van der Waals surface area contributed by atoms with Crippen LogP contribution in [0.3, 0.4) is 0 Å². The SMILES string of the molecule is NCc1ccc(C(=O)Nc2c(Cl)cccc2Cl)o1. The smallest absolute Gasteiger partial charge is 0.291 e. The van der Waals surface area contributed by atoms with Crippen molar-refractivity contribution in [2.45, 2.75) is 6.54 Å². The summed E-state index contributed by atoms with van der Waals surface area (Å²) in [4.78, 5) is 11.9. The van der Waals surface area contributed by atoms with E-state index in [1.165, 1.54) is 0 Å². The van der Waals surface area contributed by atoms with Crippen molar-refractivity contribution in [1.82, 2.24) is 0 Å². The molecule has 0 aliphatic heterocycles. The maximum atomic E-state index is 11.9. The van der Waals surface area contributed by atoms with E-state index < -0.39 is 5.91 Å². The molecular weight excluding hydrogens is 275 g/mol. The third-order valence-electron chi connectivity index (χ3n) is 2.29. The van der Waals surface area contributed by atoms with Gasteiger partial charge in [-0.05, 0) is 24.3 Å². The Morgan fingerprint density at radius 1 is 1.22 bits per heavy atom. The molecule has 0 aliphatic carbocycles. The topological polar surface area (TPSA) is 68.3 Å². The predicted octanol–water partition coefficient (Wildman–Crippen LogP) is 3.30. The summed E-state index contributed by atoms with van der Waals surface area (Å²) in [5, 5.41) is 3.32. The fourth-order valence-electron chi connectivity index (χ4n) is 1.40. The first kappa shape index (κ1) is 13.0. The van der Waals surface area contributed by atoms with E-state index in [-0.39, 0.29) is 12.3 Å². The summed E-state index contributed by atoms with van der Waals surface area (Å²) in [6.07, 6.45) is 0. The lowest BCUT2D eigenvalue weighted by molar-refractivity contribution is 0.0995. The molecular formula is C12H10Cl2N2O2. The van der Waals surface area contributed by atoms with Crippen molar-refractivity contribution in [2.24, 2.45) is 5.73 Å². The van der Waals surface area contributed by atoms with Gasteiger partial charge in [0.1, 0.15) is 5.76 Å². The van der Waals surface area contributed by atoms with Crippen LogP contribution in [0.5, 0.6) is 0 Å². The van der Waals surface area contributed by atoms with Crippen molar-refractivity contribution >= 4 is 34.8 Å². The van der Waals surface area contributed by atoms with E-state index in [0.29, 0.717) is 21.5 Å². The molecule has 0 saturated carbocycles. The molecule has 2 aromatic rings. The zero-order valence-corrected chi connectivity index (χ0v) is 10.8. The molecule has 0 atom stereocenters. The van der Waals surface area contributed by atoms with Crippen molar-refractivity contribution in [2.75, 3.05) is 5.32 Å². The van der Waals surface area contributed by atoms with Crippen LogP contribution in [0.2, 0.25) is 10.0 Å². The van der Waals surface area contributed by atoms with Gasteiger partial charge in [-0.15, -0.1) is 0 Å². The van der Waals surface area contributed by atoms with Gasteiger partial charge in [-0.2, -0.15) is 0 Å². The number of carbonyl (C=O) groups excluding carboxylic acids is 1. The molecule has 94 valence electrons. The van der Waals surface area contributed by atoms with Gasteiger partial charge in [0, 0.05) is 0 Å². The highest BCUT2D eigenvalue weighted by molar-refractivity contribution is 6.39. The minimum Gasteiger partial charge on any atom is -0.455 e. The molecule has 1 aromatic heterocycles. The summed E-state index contributed by atoms with van der Waals surface area (Å²) in [7, 11) is 0. The average molecular weight is 285 g/mol. The summed E-state index contributed by atoms with van der Waals surface area (Å²) in [6, 6.07) is 8.15. The highest BCUT2D eigenvalue weighted by atomic mass is 35.5. The van der Waals surface area contributed by atoms with Crippen LogP contribution in [-0.2, 0) is 6.54 Å². The van der Waals surface area contributed by atoms with E-state index in [1.54, 1.807) is 30.3 Å². The monoisotopic (exact) mass is 284 g/mol. The number of benzene rings is 1. The van der Waals surface area contributed by atoms with Crippen molar-refractivity contribution in [1.29, 1.82) is 0 Å². The van der Waals surface area contributed by atoms with Crippen LogP contribution in [0.4, 0.5) is 5.69 Å². The molecule has 3 N–H and O–H groups in total. The molecule has 6 heteroatoms. The summed E-state index contributed by atoms with van der Waals surface area (Å²) < 4.78 is 5.22. The van der Waals surface area contributed by atoms with E-state index >= 15 is 0 Å². The van der Waals surface area contributed by atoms with Crippen molar-refractivity contribution in [3.05, 3.63) is 51.9 Å². The van der Waals surface area contributed by atoms with Gasteiger partial charge in [-0.25, -0.2) is 0 Å². The van der Waals surface area contributed by atoms with Crippen LogP contribution in [0.25, 0.3) is 0 Å².